The van der Waals surface area contributed by atoms with E-state index in [9.17, 15) is 14.4 Å². The van der Waals surface area contributed by atoms with Gasteiger partial charge in [-0.3, -0.25) is 14.5 Å². The minimum atomic E-state index is -0.570. The van der Waals surface area contributed by atoms with Crippen molar-refractivity contribution in [2.75, 3.05) is 20.3 Å². The number of hydrogen-bond donors (Lipinski definition) is 1. The smallest absolute Gasteiger partial charge is 0.337 e. The number of carbonyl (C=O) groups is 3. The van der Waals surface area contributed by atoms with Crippen LogP contribution in [0.25, 0.3) is 6.08 Å². The second-order valence-electron chi connectivity index (χ2n) is 6.54. The molecular weight excluding hydrogens is 498 g/mol. The number of likely N-dealkylation sites (N-methyl/N-ethyl adjacent to an activating group) is 1. The number of amides is 2. The zero-order valence-electron chi connectivity index (χ0n) is 17.3. The van der Waals surface area contributed by atoms with Crippen molar-refractivity contribution in [2.24, 2.45) is 10.7 Å². The second kappa shape index (κ2) is 10.5. The number of thioether (sulfide) groups is 1. The van der Waals surface area contributed by atoms with Gasteiger partial charge >= 0.3 is 5.97 Å². The SMILES string of the molecule is CCN1C(=O)C(=Cc2ccc(OCC(N)=O)c(Br)c2)SC1=Nc1cccc(C(=O)OC)c1. The zero-order chi connectivity index (χ0) is 23.3. The first-order valence-electron chi connectivity index (χ1n) is 9.51. The molecule has 2 N–H and O–H groups in total. The zero-order valence-corrected chi connectivity index (χ0v) is 19.7. The molecule has 8 nitrogen and oxygen atoms in total. The predicted octanol–water partition coefficient (Wildman–Crippen LogP) is 3.72. The number of nitrogens with two attached hydrogens (primary N) is 1. The van der Waals surface area contributed by atoms with E-state index < -0.39 is 11.9 Å². The molecule has 1 saturated heterocycles. The van der Waals surface area contributed by atoms with Crippen LogP contribution in [0.4, 0.5) is 5.69 Å². The van der Waals surface area contributed by atoms with Crippen LogP contribution in [-0.4, -0.2) is 48.1 Å². The Balaban J connectivity index is 1.86. The van der Waals surface area contributed by atoms with Crippen molar-refractivity contribution in [1.82, 2.24) is 4.90 Å². The first-order chi connectivity index (χ1) is 15.3. The molecule has 166 valence electrons. The van der Waals surface area contributed by atoms with Gasteiger partial charge in [-0.2, -0.15) is 0 Å². The highest BCUT2D eigenvalue weighted by Gasteiger charge is 2.32. The Bertz CT molecular complexity index is 1130. The molecule has 0 aromatic heterocycles. The molecule has 32 heavy (non-hydrogen) atoms. The number of esters is 1. The summed E-state index contributed by atoms with van der Waals surface area (Å²) in [5.41, 5.74) is 6.79. The van der Waals surface area contributed by atoms with Gasteiger partial charge in [0.2, 0.25) is 0 Å². The van der Waals surface area contributed by atoms with Crippen LogP contribution in [0, 0.1) is 0 Å². The van der Waals surface area contributed by atoms with Crippen molar-refractivity contribution < 1.29 is 23.9 Å². The van der Waals surface area contributed by atoms with E-state index in [2.05, 4.69) is 20.9 Å². The molecular formula is C22H20BrN3O5S. The summed E-state index contributed by atoms with van der Waals surface area (Å²) in [6.45, 7) is 2.08. The van der Waals surface area contributed by atoms with Crippen LogP contribution >= 0.6 is 27.7 Å². The van der Waals surface area contributed by atoms with Crippen molar-refractivity contribution in [3.05, 3.63) is 63.0 Å². The van der Waals surface area contributed by atoms with Crippen LogP contribution < -0.4 is 10.5 Å². The monoisotopic (exact) mass is 517 g/mol. The van der Waals surface area contributed by atoms with Crippen LogP contribution in [0.1, 0.15) is 22.8 Å². The third kappa shape index (κ3) is 5.57. The Labute approximate surface area is 197 Å². The van der Waals surface area contributed by atoms with Gasteiger partial charge in [0.05, 0.1) is 27.7 Å². The van der Waals surface area contributed by atoms with E-state index in [1.807, 2.05) is 6.92 Å². The molecule has 2 aromatic carbocycles. The number of carbonyl (C=O) groups excluding carboxylic acids is 3. The lowest BCUT2D eigenvalue weighted by Gasteiger charge is -2.12. The molecule has 1 aliphatic heterocycles. The van der Waals surface area contributed by atoms with E-state index in [4.69, 9.17) is 15.2 Å². The molecule has 0 aliphatic carbocycles. The van der Waals surface area contributed by atoms with Crippen molar-refractivity contribution in [2.45, 2.75) is 6.92 Å². The van der Waals surface area contributed by atoms with E-state index in [1.165, 1.54) is 18.9 Å². The number of rotatable bonds is 7. The number of methoxy groups -OCH3 is 1. The van der Waals surface area contributed by atoms with Gasteiger partial charge in [-0.05, 0) is 76.6 Å². The molecule has 1 fully saturated rings. The van der Waals surface area contributed by atoms with E-state index in [1.54, 1.807) is 53.4 Å². The third-order valence-corrected chi connectivity index (χ3v) is 5.95. The summed E-state index contributed by atoms with van der Waals surface area (Å²) in [4.78, 5) is 42.2. The van der Waals surface area contributed by atoms with Gasteiger partial charge in [-0.15, -0.1) is 0 Å². The van der Waals surface area contributed by atoms with E-state index >= 15 is 0 Å². The largest absolute Gasteiger partial charge is 0.483 e. The number of halogens is 1. The molecule has 10 heteroatoms. The molecule has 2 aromatic rings. The Morgan fingerprint density at radius 1 is 1.25 bits per heavy atom. The number of benzene rings is 2. The Morgan fingerprint density at radius 3 is 2.69 bits per heavy atom. The highest BCUT2D eigenvalue weighted by molar-refractivity contribution is 9.10. The van der Waals surface area contributed by atoms with Crippen LogP contribution in [0.2, 0.25) is 0 Å². The lowest BCUT2D eigenvalue weighted by Crippen LogP contribution is -2.28. The molecule has 0 unspecified atom stereocenters. The summed E-state index contributed by atoms with van der Waals surface area (Å²) in [5.74, 6) is -0.714. The standard InChI is InChI=1S/C22H20BrN3O5S/c1-3-26-20(28)18(10-13-7-8-17(16(23)9-13)31-12-19(24)27)32-22(26)25-15-6-4-5-14(11-15)21(29)30-2/h4-11H,3,12H2,1-2H3,(H2,24,27). The van der Waals surface area contributed by atoms with Crippen LogP contribution in [0.5, 0.6) is 5.75 Å². The number of amidine groups is 1. The summed E-state index contributed by atoms with van der Waals surface area (Å²) in [5, 5.41) is 0.520. The molecule has 0 saturated carbocycles. The van der Waals surface area contributed by atoms with Crippen molar-refractivity contribution in [3.8, 4) is 5.75 Å². The Morgan fingerprint density at radius 2 is 2.03 bits per heavy atom. The highest BCUT2D eigenvalue weighted by atomic mass is 79.9. The minimum absolute atomic E-state index is 0.162. The predicted molar refractivity (Wildman–Crippen MR) is 127 cm³/mol. The number of nitrogens with zero attached hydrogens (tertiary/aromatic N) is 2. The Hall–Kier alpha value is -3.11. The molecule has 3 rings (SSSR count). The molecule has 2 amide bonds. The summed E-state index contributed by atoms with van der Waals surface area (Å²) in [6.07, 6.45) is 1.76. The summed E-state index contributed by atoms with van der Waals surface area (Å²) >= 11 is 4.65. The number of aliphatic imine (C=N–C) groups is 1. The van der Waals surface area contributed by atoms with Crippen molar-refractivity contribution in [3.63, 3.8) is 0 Å². The molecule has 0 spiro atoms. The number of ether oxygens (including phenoxy) is 2. The maximum absolute atomic E-state index is 12.9. The van der Waals surface area contributed by atoms with E-state index in [0.717, 1.165) is 5.56 Å². The summed E-state index contributed by atoms with van der Waals surface area (Å²) in [6, 6.07) is 12.0. The van der Waals surface area contributed by atoms with Gasteiger partial charge in [-0.25, -0.2) is 9.79 Å². The molecule has 0 bridgehead atoms. The van der Waals surface area contributed by atoms with Crippen molar-refractivity contribution >= 4 is 62.4 Å². The Kier molecular flexibility index (Phi) is 7.70. The first kappa shape index (κ1) is 23.6. The first-order valence-corrected chi connectivity index (χ1v) is 11.1. The summed E-state index contributed by atoms with van der Waals surface area (Å²) in [7, 11) is 1.32. The second-order valence-corrected chi connectivity index (χ2v) is 8.40. The van der Waals surface area contributed by atoms with E-state index in [-0.39, 0.29) is 12.5 Å². The highest BCUT2D eigenvalue weighted by Crippen LogP contribution is 2.35. The number of hydrogen-bond acceptors (Lipinski definition) is 7. The van der Waals surface area contributed by atoms with Gasteiger partial charge in [-0.1, -0.05) is 12.1 Å². The third-order valence-electron chi connectivity index (χ3n) is 4.32. The van der Waals surface area contributed by atoms with Crippen molar-refractivity contribution in [1.29, 1.82) is 0 Å². The van der Waals surface area contributed by atoms with Gasteiger partial charge in [0, 0.05) is 6.54 Å². The maximum atomic E-state index is 12.9. The number of primary amides is 1. The quantitative estimate of drug-likeness (QED) is 0.442. The van der Waals surface area contributed by atoms with Crippen LogP contribution in [-0.2, 0) is 14.3 Å². The average molecular weight is 518 g/mol. The normalized spacial score (nSPS) is 16.0. The fourth-order valence-corrected chi connectivity index (χ4v) is 4.40. The van der Waals surface area contributed by atoms with Gasteiger partial charge < -0.3 is 15.2 Å². The lowest BCUT2D eigenvalue weighted by molar-refractivity contribution is -0.122. The fourth-order valence-electron chi connectivity index (χ4n) is 2.83. The van der Waals surface area contributed by atoms with E-state index in [0.29, 0.717) is 38.1 Å². The minimum Gasteiger partial charge on any atom is -0.483 e. The molecule has 0 atom stereocenters. The lowest BCUT2D eigenvalue weighted by atomic mass is 10.2. The van der Waals surface area contributed by atoms with Gasteiger partial charge in [0.15, 0.2) is 11.8 Å². The molecule has 1 aliphatic rings. The summed E-state index contributed by atoms with van der Waals surface area (Å²) < 4.78 is 10.7. The van der Waals surface area contributed by atoms with Crippen LogP contribution in [0.3, 0.4) is 0 Å². The maximum Gasteiger partial charge on any atom is 0.337 e. The topological polar surface area (TPSA) is 111 Å². The van der Waals surface area contributed by atoms with Gasteiger partial charge in [0.1, 0.15) is 5.75 Å². The fraction of sp³-hybridized carbons (Fsp3) is 0.182. The average Bonchev–Trinajstić information content (AvgIpc) is 3.06. The van der Waals surface area contributed by atoms with Crippen LogP contribution in [0.15, 0.2) is 56.8 Å². The molecule has 0 radical (unpaired) electrons. The molecule has 1 heterocycles. The van der Waals surface area contributed by atoms with Gasteiger partial charge in [0.25, 0.3) is 11.8 Å².